The molecule has 0 N–H and O–H groups in total. The molecule has 0 bridgehead atoms. The molecule has 1 unspecified atom stereocenters. The Morgan fingerprint density at radius 2 is 1.61 bits per heavy atom. The van der Waals surface area contributed by atoms with Gasteiger partial charge in [0.1, 0.15) is 0 Å². The highest BCUT2D eigenvalue weighted by atomic mass is 31.1. The Bertz CT molecular complexity index is 327. The van der Waals surface area contributed by atoms with Crippen LogP contribution in [-0.4, -0.2) is 37.4 Å². The Morgan fingerprint density at radius 3 is 2.22 bits per heavy atom. The highest BCUT2D eigenvalue weighted by molar-refractivity contribution is 7.36. The van der Waals surface area contributed by atoms with Gasteiger partial charge in [0, 0.05) is 0 Å². The van der Waals surface area contributed by atoms with Crippen LogP contribution < -0.4 is 0 Å². The summed E-state index contributed by atoms with van der Waals surface area (Å²) in [6.45, 7) is 6.24. The summed E-state index contributed by atoms with van der Waals surface area (Å²) < 4.78 is 0. The van der Waals surface area contributed by atoms with Gasteiger partial charge in [-0.15, -0.1) is 8.58 Å². The molecule has 0 radical (unpaired) electrons. The van der Waals surface area contributed by atoms with Crippen LogP contribution in [0.25, 0.3) is 0 Å². The van der Waals surface area contributed by atoms with Crippen molar-refractivity contribution in [3.63, 3.8) is 0 Å². The van der Waals surface area contributed by atoms with Crippen molar-refractivity contribution in [1.82, 2.24) is 4.90 Å². The van der Waals surface area contributed by atoms with Crippen LogP contribution in [0.4, 0.5) is 0 Å². The normalized spacial score (nSPS) is 16.9. The third kappa shape index (κ3) is 4.71. The molecule has 2 heteroatoms. The van der Waals surface area contributed by atoms with Gasteiger partial charge in [-0.2, -0.15) is 0 Å². The van der Waals surface area contributed by atoms with E-state index in [4.69, 9.17) is 0 Å². The Hall–Kier alpha value is -0.390. The van der Waals surface area contributed by atoms with Crippen molar-refractivity contribution >= 4 is 8.58 Å². The first-order valence-electron chi connectivity index (χ1n) is 7.33. The predicted molar refractivity (Wildman–Crippen MR) is 83.2 cm³/mol. The predicted octanol–water partition coefficient (Wildman–Crippen LogP) is 3.57. The highest BCUT2D eigenvalue weighted by Gasteiger charge is 2.10. The number of hydrogen-bond donors (Lipinski definition) is 0. The summed E-state index contributed by atoms with van der Waals surface area (Å²) in [5.74, 6) is 0. The molecule has 100 valence electrons. The van der Waals surface area contributed by atoms with E-state index in [1.165, 1.54) is 69.0 Å². The van der Waals surface area contributed by atoms with Crippen molar-refractivity contribution in [2.24, 2.45) is 0 Å². The van der Waals surface area contributed by atoms with Gasteiger partial charge in [-0.1, -0.05) is 24.3 Å². The fraction of sp³-hybridized carbons (Fsp3) is 0.625. The average molecular weight is 263 g/mol. The maximum absolute atomic E-state index is 2.61. The summed E-state index contributed by atoms with van der Waals surface area (Å²) in [4.78, 5) is 2.61. The lowest BCUT2D eigenvalue weighted by Gasteiger charge is -2.14. The second-order valence-electron chi connectivity index (χ2n) is 5.32. The molecule has 0 aromatic heterocycles. The molecule has 0 aliphatic carbocycles. The van der Waals surface area contributed by atoms with E-state index in [-0.39, 0.29) is 0 Å². The Morgan fingerprint density at radius 1 is 1.00 bits per heavy atom. The van der Waals surface area contributed by atoms with Crippen LogP contribution in [-0.2, 0) is 12.8 Å². The van der Waals surface area contributed by atoms with Gasteiger partial charge in [0.15, 0.2) is 0 Å². The van der Waals surface area contributed by atoms with E-state index in [1.54, 1.807) is 0 Å². The second kappa shape index (κ2) is 7.92. The van der Waals surface area contributed by atoms with Gasteiger partial charge in [-0.25, -0.2) is 0 Å². The molecular formula is C16H26NP. The van der Waals surface area contributed by atoms with Crippen molar-refractivity contribution in [2.75, 3.05) is 32.5 Å². The lowest BCUT2D eigenvalue weighted by molar-refractivity contribution is 0.334. The van der Waals surface area contributed by atoms with Crippen molar-refractivity contribution in [2.45, 2.75) is 32.1 Å². The number of benzene rings is 1. The van der Waals surface area contributed by atoms with E-state index in [2.05, 4.69) is 35.8 Å². The zero-order valence-corrected chi connectivity index (χ0v) is 12.6. The van der Waals surface area contributed by atoms with E-state index >= 15 is 0 Å². The van der Waals surface area contributed by atoms with Gasteiger partial charge in [0.2, 0.25) is 0 Å². The zero-order valence-electron chi connectivity index (χ0n) is 11.6. The summed E-state index contributed by atoms with van der Waals surface area (Å²) >= 11 is 0. The molecule has 1 aliphatic rings. The molecule has 1 heterocycles. The lowest BCUT2D eigenvalue weighted by atomic mass is 10.1. The molecule has 2 rings (SSSR count). The van der Waals surface area contributed by atoms with E-state index in [0.29, 0.717) is 0 Å². The van der Waals surface area contributed by atoms with E-state index in [9.17, 15) is 0 Å². The summed E-state index contributed by atoms with van der Waals surface area (Å²) in [7, 11) is 1.08. The molecule has 1 nitrogen and oxygen atoms in total. The number of hydrogen-bond acceptors (Lipinski definition) is 1. The van der Waals surface area contributed by atoms with E-state index in [1.807, 2.05) is 0 Å². The Labute approximate surface area is 114 Å². The van der Waals surface area contributed by atoms with Gasteiger partial charge >= 0.3 is 0 Å². The minimum absolute atomic E-state index is 1.08. The van der Waals surface area contributed by atoms with Gasteiger partial charge in [0.05, 0.1) is 0 Å². The van der Waals surface area contributed by atoms with Crippen molar-refractivity contribution in [3.8, 4) is 0 Å². The monoisotopic (exact) mass is 263 g/mol. The summed E-state index contributed by atoms with van der Waals surface area (Å²) in [5.41, 5.74) is 3.02. The van der Waals surface area contributed by atoms with Gasteiger partial charge < -0.3 is 4.90 Å². The fourth-order valence-electron chi connectivity index (χ4n) is 2.65. The van der Waals surface area contributed by atoms with Gasteiger partial charge in [-0.3, -0.25) is 0 Å². The van der Waals surface area contributed by atoms with Crippen LogP contribution in [0.15, 0.2) is 24.3 Å². The molecule has 1 aromatic rings. The average Bonchev–Trinajstić information content (AvgIpc) is 2.91. The smallest absolute Gasteiger partial charge is 0.00156 e. The minimum Gasteiger partial charge on any atom is -0.303 e. The molecular weight excluding hydrogens is 237 g/mol. The van der Waals surface area contributed by atoms with Crippen LogP contribution in [0.5, 0.6) is 0 Å². The standard InChI is InChI=1S/C16H26NP/c1-18-14-10-16-8-6-15(7-9-16)5-4-13-17-11-2-3-12-17/h6-9,18H,2-5,10-14H2,1H3. The molecule has 1 aliphatic heterocycles. The SMILES string of the molecule is CPCCc1ccc(CCCN2CCCC2)cc1. The van der Waals surface area contributed by atoms with E-state index < -0.39 is 0 Å². The number of nitrogens with zero attached hydrogens (tertiary/aromatic N) is 1. The summed E-state index contributed by atoms with van der Waals surface area (Å²) in [6.07, 6.45) is 7.97. The molecule has 0 saturated carbocycles. The second-order valence-corrected chi connectivity index (χ2v) is 6.53. The van der Waals surface area contributed by atoms with Crippen molar-refractivity contribution < 1.29 is 0 Å². The first kappa shape index (κ1) is 14.0. The molecule has 0 amide bonds. The quantitative estimate of drug-likeness (QED) is 0.680. The molecule has 1 atom stereocenters. The first-order valence-corrected chi connectivity index (χ1v) is 9.04. The summed E-state index contributed by atoms with van der Waals surface area (Å²) in [5, 5.41) is 0. The van der Waals surface area contributed by atoms with Crippen LogP contribution in [0.2, 0.25) is 0 Å². The maximum atomic E-state index is 2.61. The molecule has 0 spiro atoms. The lowest BCUT2D eigenvalue weighted by Crippen LogP contribution is -2.20. The number of likely N-dealkylation sites (tertiary alicyclic amines) is 1. The van der Waals surface area contributed by atoms with Crippen LogP contribution in [0, 0.1) is 0 Å². The van der Waals surface area contributed by atoms with Crippen LogP contribution in [0.1, 0.15) is 30.4 Å². The third-order valence-electron chi connectivity index (χ3n) is 3.83. The summed E-state index contributed by atoms with van der Waals surface area (Å²) in [6, 6.07) is 9.31. The minimum atomic E-state index is 1.08. The largest absolute Gasteiger partial charge is 0.303 e. The van der Waals surface area contributed by atoms with Crippen LogP contribution >= 0.6 is 8.58 Å². The Kier molecular flexibility index (Phi) is 6.17. The van der Waals surface area contributed by atoms with Crippen LogP contribution in [0.3, 0.4) is 0 Å². The topological polar surface area (TPSA) is 3.24 Å². The van der Waals surface area contributed by atoms with Crippen molar-refractivity contribution in [1.29, 1.82) is 0 Å². The molecule has 1 saturated heterocycles. The molecule has 18 heavy (non-hydrogen) atoms. The molecule has 1 aromatic carbocycles. The third-order valence-corrected chi connectivity index (χ3v) is 4.58. The fourth-order valence-corrected chi connectivity index (χ4v) is 3.19. The first-order chi connectivity index (χ1) is 8.88. The number of rotatable bonds is 7. The zero-order chi connectivity index (χ0) is 12.6. The van der Waals surface area contributed by atoms with Gasteiger partial charge in [0.25, 0.3) is 0 Å². The van der Waals surface area contributed by atoms with Crippen molar-refractivity contribution in [3.05, 3.63) is 35.4 Å². The van der Waals surface area contributed by atoms with E-state index in [0.717, 1.165) is 8.58 Å². The molecule has 1 fully saturated rings. The number of aryl methyl sites for hydroxylation is 2. The highest BCUT2D eigenvalue weighted by Crippen LogP contribution is 2.12. The maximum Gasteiger partial charge on any atom is -0.00156 e. The van der Waals surface area contributed by atoms with Gasteiger partial charge in [-0.05, 0) is 75.7 Å². The Balaban J connectivity index is 1.68.